The molecule has 0 aliphatic heterocycles. The van der Waals surface area contributed by atoms with Gasteiger partial charge in [-0.05, 0) is 32.0 Å². The zero-order chi connectivity index (χ0) is 17.8. The fraction of sp³-hybridized carbons (Fsp3) is 0.158. The zero-order valence-electron chi connectivity index (χ0n) is 13.8. The van der Waals surface area contributed by atoms with Crippen molar-refractivity contribution < 1.29 is 14.1 Å². The Morgan fingerprint density at radius 2 is 1.88 bits per heavy atom. The van der Waals surface area contributed by atoms with Gasteiger partial charge in [-0.25, -0.2) is 0 Å². The van der Waals surface area contributed by atoms with E-state index < -0.39 is 0 Å². The van der Waals surface area contributed by atoms with Crippen LogP contribution in [0.15, 0.2) is 47.0 Å². The summed E-state index contributed by atoms with van der Waals surface area (Å²) in [6.07, 6.45) is 0.748. The molecular weight excluding hydrogens is 318 g/mol. The van der Waals surface area contributed by atoms with Gasteiger partial charge in [0.2, 0.25) is 5.82 Å². The molecule has 6 nitrogen and oxygen atoms in total. The van der Waals surface area contributed by atoms with Gasteiger partial charge in [0.15, 0.2) is 0 Å². The maximum atomic E-state index is 10.7. The number of nitriles is 1. The molecule has 3 rings (SSSR count). The smallest absolute Gasteiger partial charge is 0.258 e. The Morgan fingerprint density at radius 1 is 1.16 bits per heavy atom. The van der Waals surface area contributed by atoms with Crippen LogP contribution in [0.25, 0.3) is 22.8 Å². The molecule has 0 atom stereocenters. The summed E-state index contributed by atoms with van der Waals surface area (Å²) >= 11 is 0. The first-order valence-electron chi connectivity index (χ1n) is 7.71. The molecule has 0 unspecified atom stereocenters. The van der Waals surface area contributed by atoms with Crippen LogP contribution in [-0.2, 0) is 0 Å². The van der Waals surface area contributed by atoms with Crippen LogP contribution in [0, 0.1) is 11.3 Å². The number of hydrogen-bond acceptors (Lipinski definition) is 6. The van der Waals surface area contributed by atoms with Gasteiger partial charge in [-0.1, -0.05) is 29.4 Å². The Morgan fingerprint density at radius 3 is 2.52 bits per heavy atom. The molecule has 0 aliphatic carbocycles. The summed E-state index contributed by atoms with van der Waals surface area (Å²) in [5, 5.41) is 13.3. The van der Waals surface area contributed by atoms with E-state index in [1.807, 2.05) is 13.8 Å². The van der Waals surface area contributed by atoms with Crippen LogP contribution in [0.4, 0.5) is 0 Å². The predicted octanol–water partition coefficient (Wildman–Crippen LogP) is 3.87. The first-order valence-corrected chi connectivity index (χ1v) is 7.71. The quantitative estimate of drug-likeness (QED) is 0.658. The molecule has 2 aromatic carbocycles. The minimum absolute atomic E-state index is 0.0257. The van der Waals surface area contributed by atoms with E-state index in [2.05, 4.69) is 16.2 Å². The van der Waals surface area contributed by atoms with E-state index in [9.17, 15) is 10.1 Å². The summed E-state index contributed by atoms with van der Waals surface area (Å²) in [5.74, 6) is 1.24. The number of aromatic nitrogens is 2. The number of carbonyl (C=O) groups is 1. The fourth-order valence-electron chi connectivity index (χ4n) is 2.28. The molecule has 0 N–H and O–H groups in total. The second-order valence-electron chi connectivity index (χ2n) is 5.65. The molecular formula is C19H15N3O3. The van der Waals surface area contributed by atoms with E-state index in [1.54, 1.807) is 42.5 Å². The summed E-state index contributed by atoms with van der Waals surface area (Å²) < 4.78 is 10.9. The molecule has 0 bridgehead atoms. The van der Waals surface area contributed by atoms with Crippen molar-refractivity contribution in [2.45, 2.75) is 20.0 Å². The van der Waals surface area contributed by atoms with Crippen LogP contribution in [0.3, 0.4) is 0 Å². The van der Waals surface area contributed by atoms with E-state index in [0.717, 1.165) is 11.8 Å². The van der Waals surface area contributed by atoms with Crippen LogP contribution in [0.5, 0.6) is 5.75 Å². The largest absolute Gasteiger partial charge is 0.490 e. The number of benzene rings is 2. The second-order valence-corrected chi connectivity index (χ2v) is 5.65. The SMILES string of the molecule is CC(C)Oc1ccc(-c2nc(-c3ccc(C=O)cc3)no2)cc1C#N. The minimum atomic E-state index is -0.0257. The van der Waals surface area contributed by atoms with Crippen LogP contribution < -0.4 is 4.74 Å². The van der Waals surface area contributed by atoms with Crippen molar-refractivity contribution in [1.29, 1.82) is 5.26 Å². The third-order valence-corrected chi connectivity index (χ3v) is 3.44. The maximum Gasteiger partial charge on any atom is 0.258 e. The predicted molar refractivity (Wildman–Crippen MR) is 91.0 cm³/mol. The van der Waals surface area contributed by atoms with Crippen molar-refractivity contribution >= 4 is 6.29 Å². The van der Waals surface area contributed by atoms with Crippen molar-refractivity contribution in [2.24, 2.45) is 0 Å². The molecule has 25 heavy (non-hydrogen) atoms. The van der Waals surface area contributed by atoms with Crippen molar-refractivity contribution in [1.82, 2.24) is 10.1 Å². The number of carbonyl (C=O) groups excluding carboxylic acids is 1. The van der Waals surface area contributed by atoms with Crippen molar-refractivity contribution in [2.75, 3.05) is 0 Å². The van der Waals surface area contributed by atoms with Crippen LogP contribution in [-0.4, -0.2) is 22.5 Å². The summed E-state index contributed by atoms with van der Waals surface area (Å²) in [4.78, 5) is 15.1. The van der Waals surface area contributed by atoms with Crippen molar-refractivity contribution in [3.05, 3.63) is 53.6 Å². The fourth-order valence-corrected chi connectivity index (χ4v) is 2.28. The van der Waals surface area contributed by atoms with E-state index in [4.69, 9.17) is 9.26 Å². The minimum Gasteiger partial charge on any atom is -0.490 e. The molecule has 6 heteroatoms. The Labute approximate surface area is 144 Å². The molecule has 3 aromatic rings. The van der Waals surface area contributed by atoms with E-state index in [1.165, 1.54) is 0 Å². The van der Waals surface area contributed by atoms with Gasteiger partial charge in [-0.2, -0.15) is 10.2 Å². The lowest BCUT2D eigenvalue weighted by molar-refractivity contribution is 0.112. The molecule has 0 fully saturated rings. The van der Waals surface area contributed by atoms with Gasteiger partial charge in [-0.15, -0.1) is 0 Å². The normalized spacial score (nSPS) is 10.5. The number of rotatable bonds is 5. The highest BCUT2D eigenvalue weighted by Crippen LogP contribution is 2.27. The van der Waals surface area contributed by atoms with Gasteiger partial charge < -0.3 is 9.26 Å². The monoisotopic (exact) mass is 333 g/mol. The topological polar surface area (TPSA) is 89.0 Å². The van der Waals surface area contributed by atoms with E-state index >= 15 is 0 Å². The third kappa shape index (κ3) is 3.56. The molecule has 0 amide bonds. The summed E-state index contributed by atoms with van der Waals surface area (Å²) in [7, 11) is 0. The average Bonchev–Trinajstić information content (AvgIpc) is 3.12. The summed E-state index contributed by atoms with van der Waals surface area (Å²) in [5.41, 5.74) is 2.35. The highest BCUT2D eigenvalue weighted by molar-refractivity contribution is 5.76. The van der Waals surface area contributed by atoms with Crippen LogP contribution in [0.2, 0.25) is 0 Å². The number of ether oxygens (including phenoxy) is 1. The lowest BCUT2D eigenvalue weighted by Gasteiger charge is -2.11. The molecule has 0 radical (unpaired) electrons. The van der Waals surface area contributed by atoms with Crippen molar-refractivity contribution in [3.63, 3.8) is 0 Å². The van der Waals surface area contributed by atoms with Crippen LogP contribution >= 0.6 is 0 Å². The number of hydrogen-bond donors (Lipinski definition) is 0. The Kier molecular flexibility index (Phi) is 4.57. The first kappa shape index (κ1) is 16.4. The van der Waals surface area contributed by atoms with Gasteiger partial charge in [0.1, 0.15) is 18.1 Å². The summed E-state index contributed by atoms with van der Waals surface area (Å²) in [6.45, 7) is 3.80. The lowest BCUT2D eigenvalue weighted by Crippen LogP contribution is -2.06. The molecule has 1 heterocycles. The lowest BCUT2D eigenvalue weighted by atomic mass is 10.1. The highest BCUT2D eigenvalue weighted by Gasteiger charge is 2.14. The second kappa shape index (κ2) is 6.97. The molecule has 0 saturated carbocycles. The molecule has 0 spiro atoms. The molecule has 0 aliphatic rings. The van der Waals surface area contributed by atoms with Gasteiger partial charge >= 0.3 is 0 Å². The molecule has 124 valence electrons. The third-order valence-electron chi connectivity index (χ3n) is 3.44. The maximum absolute atomic E-state index is 10.7. The molecule has 0 saturated heterocycles. The van der Waals surface area contributed by atoms with E-state index in [-0.39, 0.29) is 6.10 Å². The standard InChI is InChI=1S/C19H15N3O3/c1-12(2)24-17-8-7-15(9-16(17)10-20)19-21-18(22-25-19)14-5-3-13(11-23)4-6-14/h3-9,11-12H,1-2H3. The summed E-state index contributed by atoms with van der Waals surface area (Å²) in [6, 6.07) is 14.1. The van der Waals surface area contributed by atoms with Gasteiger partial charge in [0.05, 0.1) is 11.7 Å². The van der Waals surface area contributed by atoms with Crippen molar-refractivity contribution in [3.8, 4) is 34.7 Å². The van der Waals surface area contributed by atoms with Crippen LogP contribution in [0.1, 0.15) is 29.8 Å². The van der Waals surface area contributed by atoms with Gasteiger partial charge in [-0.3, -0.25) is 4.79 Å². The van der Waals surface area contributed by atoms with Gasteiger partial charge in [0.25, 0.3) is 5.89 Å². The van der Waals surface area contributed by atoms with Gasteiger partial charge in [0, 0.05) is 16.7 Å². The Balaban J connectivity index is 1.91. The van der Waals surface area contributed by atoms with E-state index in [0.29, 0.717) is 34.2 Å². The first-order chi connectivity index (χ1) is 12.1. The Hall–Kier alpha value is -3.46. The number of nitrogens with zero attached hydrogens (tertiary/aromatic N) is 3. The Bertz CT molecular complexity index is 937. The average molecular weight is 333 g/mol. The zero-order valence-corrected chi connectivity index (χ0v) is 13.8. The number of aldehydes is 1. The highest BCUT2D eigenvalue weighted by atomic mass is 16.5. The molecule has 1 aromatic heterocycles.